The lowest BCUT2D eigenvalue weighted by molar-refractivity contribution is 0.0520. The average molecular weight is 240 g/mol. The second kappa shape index (κ2) is 5.30. The monoisotopic (exact) mass is 240 g/mol. The first-order valence-electron chi connectivity index (χ1n) is 5.66. The zero-order valence-corrected chi connectivity index (χ0v) is 10.2. The third kappa shape index (κ3) is 3.20. The number of anilines is 1. The van der Waals surface area contributed by atoms with E-state index in [0.717, 1.165) is 17.6 Å². The first kappa shape index (κ1) is 11.4. The molecular weight excluding hydrogens is 224 g/mol. The Morgan fingerprint density at radius 3 is 3.19 bits per heavy atom. The van der Waals surface area contributed by atoms with Crippen molar-refractivity contribution in [2.24, 2.45) is 5.92 Å². The molecule has 0 radical (unpaired) electrons. The Labute approximate surface area is 99.0 Å². The number of hydrogen-bond acceptors (Lipinski definition) is 5. The number of carbonyl (C=O) groups is 1. The Bertz CT molecular complexity index is 361. The van der Waals surface area contributed by atoms with Gasteiger partial charge in [-0.1, -0.05) is 12.8 Å². The predicted molar refractivity (Wildman–Crippen MR) is 63.9 cm³/mol. The lowest BCUT2D eigenvalue weighted by Crippen LogP contribution is -2.06. The molecule has 1 N–H and O–H groups in total. The van der Waals surface area contributed by atoms with Crippen molar-refractivity contribution in [3.8, 4) is 0 Å². The fourth-order valence-corrected chi connectivity index (χ4v) is 2.15. The average Bonchev–Trinajstić information content (AvgIpc) is 2.95. The van der Waals surface area contributed by atoms with E-state index in [1.807, 2.05) is 0 Å². The van der Waals surface area contributed by atoms with E-state index in [1.54, 1.807) is 12.3 Å². The maximum atomic E-state index is 11.3. The van der Waals surface area contributed by atoms with Crippen molar-refractivity contribution in [3.05, 3.63) is 11.1 Å². The molecule has 1 saturated carbocycles. The molecule has 88 valence electrons. The molecule has 1 aliphatic carbocycles. The van der Waals surface area contributed by atoms with Crippen LogP contribution >= 0.6 is 11.3 Å². The van der Waals surface area contributed by atoms with Crippen LogP contribution in [0.4, 0.5) is 5.13 Å². The minimum absolute atomic E-state index is 0.339. The Kier molecular flexibility index (Phi) is 3.77. The van der Waals surface area contributed by atoms with E-state index in [0.29, 0.717) is 12.3 Å². The van der Waals surface area contributed by atoms with Gasteiger partial charge in [-0.15, -0.1) is 11.3 Å². The van der Waals surface area contributed by atoms with Crippen LogP contribution in [0, 0.1) is 5.92 Å². The SMILES string of the molecule is CCOC(=O)c1csc(NCCC2CC2)n1. The third-order valence-corrected chi connectivity index (χ3v) is 3.31. The summed E-state index contributed by atoms with van der Waals surface area (Å²) < 4.78 is 4.87. The summed E-state index contributed by atoms with van der Waals surface area (Å²) in [6, 6.07) is 0. The van der Waals surface area contributed by atoms with Crippen LogP contribution in [0.5, 0.6) is 0 Å². The van der Waals surface area contributed by atoms with Crippen molar-refractivity contribution >= 4 is 22.4 Å². The molecule has 1 heterocycles. The van der Waals surface area contributed by atoms with Crippen LogP contribution in [-0.4, -0.2) is 24.1 Å². The Morgan fingerprint density at radius 2 is 2.50 bits per heavy atom. The van der Waals surface area contributed by atoms with E-state index in [1.165, 1.54) is 30.6 Å². The summed E-state index contributed by atoms with van der Waals surface area (Å²) >= 11 is 1.45. The van der Waals surface area contributed by atoms with E-state index in [2.05, 4.69) is 10.3 Å². The molecule has 0 spiro atoms. The summed E-state index contributed by atoms with van der Waals surface area (Å²) in [6.07, 6.45) is 3.94. The minimum Gasteiger partial charge on any atom is -0.461 e. The van der Waals surface area contributed by atoms with Crippen LogP contribution in [0.15, 0.2) is 5.38 Å². The van der Waals surface area contributed by atoms with E-state index in [4.69, 9.17) is 4.74 Å². The van der Waals surface area contributed by atoms with Crippen LogP contribution in [0.1, 0.15) is 36.7 Å². The van der Waals surface area contributed by atoms with E-state index >= 15 is 0 Å². The van der Waals surface area contributed by atoms with Gasteiger partial charge in [-0.3, -0.25) is 0 Å². The number of ether oxygens (including phenoxy) is 1. The summed E-state index contributed by atoms with van der Waals surface area (Å²) in [7, 11) is 0. The highest BCUT2D eigenvalue weighted by atomic mass is 32.1. The number of rotatable bonds is 6. The fourth-order valence-electron chi connectivity index (χ4n) is 1.44. The number of nitrogens with zero attached hydrogens (tertiary/aromatic N) is 1. The van der Waals surface area contributed by atoms with Crippen molar-refractivity contribution in [3.63, 3.8) is 0 Å². The molecule has 1 aromatic rings. The number of esters is 1. The molecule has 0 saturated heterocycles. The molecule has 0 bridgehead atoms. The highest BCUT2D eigenvalue weighted by Crippen LogP contribution is 2.32. The molecule has 0 aliphatic heterocycles. The van der Waals surface area contributed by atoms with Crippen LogP contribution in [0.25, 0.3) is 0 Å². The minimum atomic E-state index is -0.339. The van der Waals surface area contributed by atoms with Crippen molar-refractivity contribution in [2.75, 3.05) is 18.5 Å². The molecule has 1 aromatic heterocycles. The van der Waals surface area contributed by atoms with Crippen LogP contribution < -0.4 is 5.32 Å². The van der Waals surface area contributed by atoms with Gasteiger partial charge in [0.25, 0.3) is 0 Å². The standard InChI is InChI=1S/C11H16N2O2S/c1-2-15-10(14)9-7-16-11(13-9)12-6-5-8-3-4-8/h7-8H,2-6H2,1H3,(H,12,13). The molecule has 1 aliphatic rings. The normalized spacial score (nSPS) is 14.8. The van der Waals surface area contributed by atoms with Gasteiger partial charge in [-0.05, 0) is 19.3 Å². The second-order valence-electron chi connectivity index (χ2n) is 3.92. The summed E-state index contributed by atoms with van der Waals surface area (Å²) in [5.41, 5.74) is 0.403. The maximum Gasteiger partial charge on any atom is 0.357 e. The summed E-state index contributed by atoms with van der Waals surface area (Å²) in [6.45, 7) is 3.13. The number of carbonyl (C=O) groups excluding carboxylic acids is 1. The molecule has 2 rings (SSSR count). The van der Waals surface area contributed by atoms with Crippen molar-refractivity contribution in [2.45, 2.75) is 26.2 Å². The van der Waals surface area contributed by atoms with Gasteiger partial charge in [0.2, 0.25) is 0 Å². The molecule has 0 atom stereocenters. The molecular formula is C11H16N2O2S. The highest BCUT2D eigenvalue weighted by molar-refractivity contribution is 7.13. The quantitative estimate of drug-likeness (QED) is 0.776. The van der Waals surface area contributed by atoms with Gasteiger partial charge in [0.1, 0.15) is 0 Å². The second-order valence-corrected chi connectivity index (χ2v) is 4.78. The fraction of sp³-hybridized carbons (Fsp3) is 0.636. The largest absolute Gasteiger partial charge is 0.461 e. The molecule has 0 unspecified atom stereocenters. The van der Waals surface area contributed by atoms with Crippen molar-refractivity contribution in [1.29, 1.82) is 0 Å². The Balaban J connectivity index is 1.78. The third-order valence-electron chi connectivity index (χ3n) is 2.51. The van der Waals surface area contributed by atoms with Gasteiger partial charge in [-0.2, -0.15) is 0 Å². The molecule has 5 heteroatoms. The Morgan fingerprint density at radius 1 is 1.69 bits per heavy atom. The molecule has 1 fully saturated rings. The van der Waals surface area contributed by atoms with Gasteiger partial charge >= 0.3 is 5.97 Å². The summed E-state index contributed by atoms with van der Waals surface area (Å²) in [5.74, 6) is 0.575. The molecule has 4 nitrogen and oxygen atoms in total. The first-order valence-corrected chi connectivity index (χ1v) is 6.54. The highest BCUT2D eigenvalue weighted by Gasteiger charge is 2.20. The van der Waals surface area contributed by atoms with Gasteiger partial charge in [0.05, 0.1) is 6.61 Å². The van der Waals surface area contributed by atoms with Crippen molar-refractivity contribution in [1.82, 2.24) is 4.98 Å². The molecule has 16 heavy (non-hydrogen) atoms. The molecule has 0 aromatic carbocycles. The molecule has 0 amide bonds. The maximum absolute atomic E-state index is 11.3. The lowest BCUT2D eigenvalue weighted by Gasteiger charge is -2.00. The first-order chi connectivity index (χ1) is 7.79. The van der Waals surface area contributed by atoms with Crippen LogP contribution in [0.3, 0.4) is 0 Å². The zero-order chi connectivity index (χ0) is 11.4. The van der Waals surface area contributed by atoms with Gasteiger partial charge in [-0.25, -0.2) is 9.78 Å². The van der Waals surface area contributed by atoms with E-state index in [-0.39, 0.29) is 5.97 Å². The van der Waals surface area contributed by atoms with Gasteiger partial charge in [0, 0.05) is 11.9 Å². The number of thiazole rings is 1. The Hall–Kier alpha value is -1.10. The van der Waals surface area contributed by atoms with Gasteiger partial charge < -0.3 is 10.1 Å². The number of aromatic nitrogens is 1. The summed E-state index contributed by atoms with van der Waals surface area (Å²) in [5, 5.41) is 5.78. The number of nitrogens with one attached hydrogen (secondary N) is 1. The lowest BCUT2D eigenvalue weighted by atomic mass is 10.3. The van der Waals surface area contributed by atoms with Crippen LogP contribution in [-0.2, 0) is 4.74 Å². The summed E-state index contributed by atoms with van der Waals surface area (Å²) in [4.78, 5) is 15.5. The topological polar surface area (TPSA) is 51.2 Å². The predicted octanol–water partition coefficient (Wildman–Crippen LogP) is 2.53. The van der Waals surface area contributed by atoms with E-state index < -0.39 is 0 Å². The van der Waals surface area contributed by atoms with Crippen LogP contribution in [0.2, 0.25) is 0 Å². The zero-order valence-electron chi connectivity index (χ0n) is 9.36. The van der Waals surface area contributed by atoms with E-state index in [9.17, 15) is 4.79 Å². The van der Waals surface area contributed by atoms with Gasteiger partial charge in [0.15, 0.2) is 10.8 Å². The number of hydrogen-bond donors (Lipinski definition) is 1. The smallest absolute Gasteiger partial charge is 0.357 e. The van der Waals surface area contributed by atoms with Crippen molar-refractivity contribution < 1.29 is 9.53 Å².